The Bertz CT molecular complexity index is 1300. The highest BCUT2D eigenvalue weighted by atomic mass is 19.2. The van der Waals surface area contributed by atoms with Crippen LogP contribution in [0.5, 0.6) is 0 Å². The molecule has 2 nitrogen and oxygen atoms in total. The lowest BCUT2D eigenvalue weighted by Gasteiger charge is -2.03. The zero-order valence-corrected chi connectivity index (χ0v) is 14.9. The Kier molecular flexibility index (Phi) is 5.86. The molecule has 4 rings (SSSR count). The number of fused-ring (bicyclic) bond motifs is 2. The second-order valence-electron chi connectivity index (χ2n) is 6.12. The predicted molar refractivity (Wildman–Crippen MR) is 98.4 cm³/mol. The van der Waals surface area contributed by atoms with Crippen LogP contribution in [0.2, 0.25) is 0 Å². The van der Waals surface area contributed by atoms with Crippen LogP contribution in [0.1, 0.15) is 20.7 Å². The molecule has 0 bridgehead atoms. The van der Waals surface area contributed by atoms with E-state index in [1.165, 1.54) is 12.1 Å². The molecule has 8 heteroatoms. The number of carbonyl (C=O) groups is 2. The van der Waals surface area contributed by atoms with Crippen molar-refractivity contribution in [2.24, 2.45) is 0 Å². The summed E-state index contributed by atoms with van der Waals surface area (Å²) in [5, 5.41) is -0.146. The van der Waals surface area contributed by atoms with Crippen LogP contribution in [0.4, 0.5) is 26.3 Å². The van der Waals surface area contributed by atoms with E-state index in [0.717, 1.165) is 36.4 Å². The van der Waals surface area contributed by atoms with Crippen molar-refractivity contribution in [3.05, 3.63) is 94.6 Å². The van der Waals surface area contributed by atoms with Crippen LogP contribution >= 0.6 is 0 Å². The van der Waals surface area contributed by atoms with Crippen LogP contribution in [0.25, 0.3) is 21.5 Å². The number of rotatable bonds is 2. The van der Waals surface area contributed by atoms with Crippen molar-refractivity contribution < 1.29 is 35.9 Å². The highest BCUT2D eigenvalue weighted by Crippen LogP contribution is 2.25. The predicted octanol–water partition coefficient (Wildman–Crippen LogP) is 6.14. The molecular formula is C22H10F6O2. The van der Waals surface area contributed by atoms with Crippen molar-refractivity contribution in [1.82, 2.24) is 0 Å². The van der Waals surface area contributed by atoms with Gasteiger partial charge in [-0.15, -0.1) is 0 Å². The molecule has 0 aliphatic heterocycles. The molecule has 0 atom stereocenters. The summed E-state index contributed by atoms with van der Waals surface area (Å²) in [7, 11) is 0. The Morgan fingerprint density at radius 3 is 1.80 bits per heavy atom. The van der Waals surface area contributed by atoms with E-state index in [4.69, 9.17) is 0 Å². The van der Waals surface area contributed by atoms with Gasteiger partial charge in [-0.05, 0) is 41.8 Å². The van der Waals surface area contributed by atoms with E-state index in [-0.39, 0.29) is 34.1 Å². The van der Waals surface area contributed by atoms with Gasteiger partial charge in [0.1, 0.15) is 11.6 Å². The molecule has 0 heterocycles. The van der Waals surface area contributed by atoms with E-state index in [9.17, 15) is 35.9 Å². The van der Waals surface area contributed by atoms with Crippen LogP contribution in [-0.2, 0) is 0 Å². The summed E-state index contributed by atoms with van der Waals surface area (Å²) < 4.78 is 78.9. The molecule has 0 amide bonds. The van der Waals surface area contributed by atoms with Crippen molar-refractivity contribution in [3.63, 3.8) is 0 Å². The molecule has 0 N–H and O–H groups in total. The first-order valence-corrected chi connectivity index (χ1v) is 8.32. The van der Waals surface area contributed by atoms with Gasteiger partial charge >= 0.3 is 0 Å². The summed E-state index contributed by atoms with van der Waals surface area (Å²) in [6.07, 6.45) is 0.354. The zero-order valence-electron chi connectivity index (χ0n) is 14.9. The van der Waals surface area contributed by atoms with E-state index in [2.05, 4.69) is 0 Å². The summed E-state index contributed by atoms with van der Waals surface area (Å²) in [5.74, 6) is -6.03. The van der Waals surface area contributed by atoms with Gasteiger partial charge < -0.3 is 0 Å². The highest BCUT2D eigenvalue weighted by Gasteiger charge is 2.15. The molecule has 152 valence electrons. The van der Waals surface area contributed by atoms with Crippen molar-refractivity contribution in [2.45, 2.75) is 0 Å². The third-order valence-corrected chi connectivity index (χ3v) is 4.30. The molecular weight excluding hydrogens is 410 g/mol. The van der Waals surface area contributed by atoms with Crippen LogP contribution in [0.3, 0.4) is 0 Å². The minimum absolute atomic E-state index is 0.0421. The number of carbonyl (C=O) groups excluding carboxylic acids is 2. The third-order valence-electron chi connectivity index (χ3n) is 4.30. The van der Waals surface area contributed by atoms with Crippen molar-refractivity contribution >= 4 is 34.1 Å². The maximum Gasteiger partial charge on any atom is 0.169 e. The number of aldehydes is 2. The summed E-state index contributed by atoms with van der Waals surface area (Å²) in [5.41, 5.74) is -0.893. The summed E-state index contributed by atoms with van der Waals surface area (Å²) in [6.45, 7) is 0. The Morgan fingerprint density at radius 2 is 1.17 bits per heavy atom. The molecule has 0 saturated carbocycles. The second kappa shape index (κ2) is 8.36. The maximum atomic E-state index is 13.3. The fourth-order valence-electron chi connectivity index (χ4n) is 2.84. The number of benzene rings is 4. The average molecular weight is 420 g/mol. The van der Waals surface area contributed by atoms with Crippen molar-refractivity contribution in [2.75, 3.05) is 0 Å². The largest absolute Gasteiger partial charge is 0.298 e. The van der Waals surface area contributed by atoms with Gasteiger partial charge in [-0.1, -0.05) is 12.1 Å². The van der Waals surface area contributed by atoms with E-state index in [1.807, 2.05) is 0 Å². The lowest BCUT2D eigenvalue weighted by Crippen LogP contribution is -1.95. The standard InChI is InChI=1S/2C11H5F3O/c12-8-1-2-9-6(4-8)3-7(5-15)10(13)11(9)14;12-9-3-1-2-7-8(9)4-6(5-15)10(13)11(7)14/h2*1-5H. The molecule has 0 fully saturated rings. The SMILES string of the molecule is O=Cc1cc2c(F)cccc2c(F)c1F.O=Cc1cc2cc(F)ccc2c(F)c1F. The molecule has 0 radical (unpaired) electrons. The summed E-state index contributed by atoms with van der Waals surface area (Å²) in [4.78, 5) is 20.8. The Morgan fingerprint density at radius 1 is 0.567 bits per heavy atom. The van der Waals surface area contributed by atoms with Crippen LogP contribution in [0.15, 0.2) is 48.5 Å². The average Bonchev–Trinajstić information content (AvgIpc) is 2.74. The van der Waals surface area contributed by atoms with Crippen LogP contribution in [-0.4, -0.2) is 12.6 Å². The lowest BCUT2D eigenvalue weighted by molar-refractivity contribution is 0.111. The fourth-order valence-corrected chi connectivity index (χ4v) is 2.84. The van der Waals surface area contributed by atoms with Gasteiger partial charge in [0.25, 0.3) is 0 Å². The van der Waals surface area contributed by atoms with Gasteiger partial charge in [0.2, 0.25) is 0 Å². The summed E-state index contributed by atoms with van der Waals surface area (Å²) >= 11 is 0. The van der Waals surface area contributed by atoms with Crippen molar-refractivity contribution in [3.8, 4) is 0 Å². The van der Waals surface area contributed by atoms with E-state index >= 15 is 0 Å². The molecule has 0 unspecified atom stereocenters. The smallest absolute Gasteiger partial charge is 0.169 e. The maximum absolute atomic E-state index is 13.3. The first kappa shape index (κ1) is 21.0. The van der Waals surface area contributed by atoms with Crippen LogP contribution in [0, 0.1) is 34.9 Å². The van der Waals surface area contributed by atoms with Gasteiger partial charge in [0, 0.05) is 16.2 Å². The molecule has 0 saturated heterocycles. The molecule has 0 aromatic heterocycles. The second-order valence-corrected chi connectivity index (χ2v) is 6.12. The Labute approximate surface area is 165 Å². The molecule has 0 aliphatic rings. The minimum Gasteiger partial charge on any atom is -0.298 e. The van der Waals surface area contributed by atoms with Gasteiger partial charge in [-0.3, -0.25) is 9.59 Å². The summed E-state index contributed by atoms with van der Waals surface area (Å²) in [6, 6.07) is 8.98. The van der Waals surface area contributed by atoms with Gasteiger partial charge in [-0.25, -0.2) is 26.3 Å². The molecule has 4 aromatic rings. The highest BCUT2D eigenvalue weighted by molar-refractivity contribution is 5.91. The third kappa shape index (κ3) is 3.76. The number of hydrogen-bond acceptors (Lipinski definition) is 2. The normalized spacial score (nSPS) is 10.6. The van der Waals surface area contributed by atoms with Gasteiger partial charge in [0.15, 0.2) is 35.8 Å². The van der Waals surface area contributed by atoms with Crippen molar-refractivity contribution in [1.29, 1.82) is 0 Å². The molecule has 30 heavy (non-hydrogen) atoms. The van der Waals surface area contributed by atoms with Gasteiger partial charge in [-0.2, -0.15) is 0 Å². The quantitative estimate of drug-likeness (QED) is 0.288. The topological polar surface area (TPSA) is 34.1 Å². The first-order valence-electron chi connectivity index (χ1n) is 8.32. The van der Waals surface area contributed by atoms with Crippen LogP contribution < -0.4 is 0 Å². The number of hydrogen-bond donors (Lipinski definition) is 0. The van der Waals surface area contributed by atoms with E-state index < -0.39 is 46.0 Å². The monoisotopic (exact) mass is 420 g/mol. The lowest BCUT2D eigenvalue weighted by atomic mass is 10.1. The minimum atomic E-state index is -1.25. The van der Waals surface area contributed by atoms with Gasteiger partial charge in [0.05, 0.1) is 11.1 Å². The number of halogens is 6. The Hall–Kier alpha value is -3.68. The first-order chi connectivity index (χ1) is 14.3. The van der Waals surface area contributed by atoms with E-state index in [0.29, 0.717) is 0 Å². The molecule has 4 aromatic carbocycles. The zero-order chi connectivity index (χ0) is 22.0. The Balaban J connectivity index is 0.000000171. The fraction of sp³-hybridized carbons (Fsp3) is 0. The molecule has 0 aliphatic carbocycles. The molecule has 0 spiro atoms. The van der Waals surface area contributed by atoms with E-state index in [1.54, 1.807) is 0 Å².